The topological polar surface area (TPSA) is 114 Å². The molecule has 1 aliphatic heterocycles. The lowest BCUT2D eigenvalue weighted by molar-refractivity contribution is -0.135. The number of benzene rings is 1. The number of rotatable bonds is 7. The van der Waals surface area contributed by atoms with E-state index in [1.165, 1.54) is 0 Å². The van der Waals surface area contributed by atoms with Gasteiger partial charge in [0.15, 0.2) is 0 Å². The Hall–Kier alpha value is -2.61. The number of methoxy groups -OCH3 is 1. The molecule has 1 heterocycles. The molecule has 1 saturated heterocycles. The second kappa shape index (κ2) is 7.56. The number of imide groups is 1. The van der Waals surface area contributed by atoms with E-state index in [9.17, 15) is 14.4 Å². The molecule has 0 aromatic heterocycles. The minimum Gasteiger partial charge on any atom is -0.497 e. The molecule has 1 fully saturated rings. The molecule has 2 atom stereocenters. The minimum atomic E-state index is -1.24. The van der Waals surface area contributed by atoms with Crippen molar-refractivity contribution in [2.24, 2.45) is 11.7 Å². The van der Waals surface area contributed by atoms with Crippen LogP contribution in [0.2, 0.25) is 0 Å². The van der Waals surface area contributed by atoms with E-state index in [0.717, 1.165) is 4.90 Å². The standard InChI is InChI=1S/C19H28N4O4/c1-12(2)18(3,11-20)21-15(24)10-23-16(25)19(4,22-17(23)26)13-6-8-14(27-5)9-7-13/h6-9,12H,10-11,20H2,1-5H3,(H,21,24)(H,22,26). The summed E-state index contributed by atoms with van der Waals surface area (Å²) < 4.78 is 5.12. The van der Waals surface area contributed by atoms with Gasteiger partial charge in [-0.25, -0.2) is 4.79 Å². The van der Waals surface area contributed by atoms with Gasteiger partial charge in [-0.05, 0) is 37.5 Å². The molecule has 0 bridgehead atoms. The van der Waals surface area contributed by atoms with E-state index in [1.807, 2.05) is 20.8 Å². The average Bonchev–Trinajstić information content (AvgIpc) is 2.85. The molecule has 0 radical (unpaired) electrons. The van der Waals surface area contributed by atoms with Crippen LogP contribution in [-0.2, 0) is 15.1 Å². The summed E-state index contributed by atoms with van der Waals surface area (Å²) in [6.07, 6.45) is 0. The molecular formula is C19H28N4O4. The predicted octanol–water partition coefficient (Wildman–Crippen LogP) is 0.952. The normalized spacial score (nSPS) is 21.8. The van der Waals surface area contributed by atoms with Gasteiger partial charge in [0, 0.05) is 6.54 Å². The fourth-order valence-corrected chi connectivity index (χ4v) is 2.89. The number of urea groups is 1. The molecule has 2 unspecified atom stereocenters. The number of ether oxygens (including phenoxy) is 1. The number of carbonyl (C=O) groups is 3. The molecule has 4 amide bonds. The van der Waals surface area contributed by atoms with Gasteiger partial charge in [0.1, 0.15) is 17.8 Å². The second-order valence-electron chi connectivity index (χ2n) is 7.50. The zero-order valence-electron chi connectivity index (χ0n) is 16.5. The van der Waals surface area contributed by atoms with Crippen LogP contribution < -0.4 is 21.1 Å². The summed E-state index contributed by atoms with van der Waals surface area (Å²) in [5.74, 6) is -0.171. The third kappa shape index (κ3) is 3.90. The van der Waals surface area contributed by atoms with Crippen molar-refractivity contribution in [1.29, 1.82) is 0 Å². The van der Waals surface area contributed by atoms with E-state index in [-0.39, 0.29) is 19.0 Å². The van der Waals surface area contributed by atoms with Crippen molar-refractivity contribution in [3.63, 3.8) is 0 Å². The van der Waals surface area contributed by atoms with Gasteiger partial charge in [0.2, 0.25) is 5.91 Å². The Morgan fingerprint density at radius 2 is 1.93 bits per heavy atom. The Morgan fingerprint density at radius 3 is 2.41 bits per heavy atom. The molecule has 0 spiro atoms. The van der Waals surface area contributed by atoms with Crippen molar-refractivity contribution in [1.82, 2.24) is 15.5 Å². The highest BCUT2D eigenvalue weighted by atomic mass is 16.5. The van der Waals surface area contributed by atoms with Crippen LogP contribution in [0.3, 0.4) is 0 Å². The van der Waals surface area contributed by atoms with Gasteiger partial charge in [-0.3, -0.25) is 14.5 Å². The van der Waals surface area contributed by atoms with E-state index in [0.29, 0.717) is 11.3 Å². The number of hydrogen-bond donors (Lipinski definition) is 3. The zero-order valence-corrected chi connectivity index (χ0v) is 16.5. The van der Waals surface area contributed by atoms with Gasteiger partial charge >= 0.3 is 6.03 Å². The van der Waals surface area contributed by atoms with Gasteiger partial charge in [-0.1, -0.05) is 26.0 Å². The second-order valence-corrected chi connectivity index (χ2v) is 7.50. The van der Waals surface area contributed by atoms with E-state index in [2.05, 4.69) is 10.6 Å². The maximum absolute atomic E-state index is 12.9. The Kier molecular flexibility index (Phi) is 5.79. The van der Waals surface area contributed by atoms with Crippen molar-refractivity contribution in [2.75, 3.05) is 20.2 Å². The van der Waals surface area contributed by atoms with Crippen molar-refractivity contribution >= 4 is 17.8 Å². The van der Waals surface area contributed by atoms with E-state index < -0.39 is 28.9 Å². The van der Waals surface area contributed by atoms with Crippen LogP contribution in [0.1, 0.15) is 33.3 Å². The van der Waals surface area contributed by atoms with Crippen molar-refractivity contribution in [3.05, 3.63) is 29.8 Å². The molecule has 0 saturated carbocycles. The minimum absolute atomic E-state index is 0.0964. The first-order valence-corrected chi connectivity index (χ1v) is 8.87. The van der Waals surface area contributed by atoms with Crippen molar-refractivity contribution < 1.29 is 19.1 Å². The number of carbonyl (C=O) groups excluding carboxylic acids is 3. The van der Waals surface area contributed by atoms with Crippen LogP contribution in [0.4, 0.5) is 4.79 Å². The lowest BCUT2D eigenvalue weighted by Gasteiger charge is -2.34. The number of hydrogen-bond acceptors (Lipinski definition) is 5. The first-order valence-electron chi connectivity index (χ1n) is 8.87. The number of nitrogens with two attached hydrogens (primary N) is 1. The van der Waals surface area contributed by atoms with Crippen LogP contribution in [0.25, 0.3) is 0 Å². The molecule has 8 heteroatoms. The predicted molar refractivity (Wildman–Crippen MR) is 101 cm³/mol. The Labute approximate surface area is 159 Å². The largest absolute Gasteiger partial charge is 0.497 e. The van der Waals surface area contributed by atoms with Crippen molar-refractivity contribution in [3.8, 4) is 5.75 Å². The van der Waals surface area contributed by atoms with Crippen LogP contribution in [0.15, 0.2) is 24.3 Å². The summed E-state index contributed by atoms with van der Waals surface area (Å²) in [5.41, 5.74) is 4.53. The smallest absolute Gasteiger partial charge is 0.325 e. The van der Waals surface area contributed by atoms with Gasteiger partial charge in [-0.15, -0.1) is 0 Å². The first kappa shape index (κ1) is 20.7. The van der Waals surface area contributed by atoms with E-state index >= 15 is 0 Å². The zero-order chi connectivity index (χ0) is 20.4. The third-order valence-electron chi connectivity index (χ3n) is 5.37. The third-order valence-corrected chi connectivity index (χ3v) is 5.37. The molecular weight excluding hydrogens is 348 g/mol. The van der Waals surface area contributed by atoms with Crippen LogP contribution in [0, 0.1) is 5.92 Å². The van der Waals surface area contributed by atoms with Gasteiger partial charge in [0.05, 0.1) is 12.6 Å². The van der Waals surface area contributed by atoms with E-state index in [4.69, 9.17) is 10.5 Å². The average molecular weight is 376 g/mol. The highest BCUT2D eigenvalue weighted by Crippen LogP contribution is 2.30. The molecule has 0 aliphatic carbocycles. The molecule has 148 valence electrons. The Morgan fingerprint density at radius 1 is 1.33 bits per heavy atom. The molecule has 2 rings (SSSR count). The lowest BCUT2D eigenvalue weighted by atomic mass is 9.88. The number of nitrogens with one attached hydrogen (secondary N) is 2. The maximum atomic E-state index is 12.9. The summed E-state index contributed by atoms with van der Waals surface area (Å²) >= 11 is 0. The maximum Gasteiger partial charge on any atom is 0.325 e. The Balaban J connectivity index is 2.16. The summed E-state index contributed by atoms with van der Waals surface area (Å²) in [5, 5.41) is 5.52. The van der Waals surface area contributed by atoms with Crippen LogP contribution in [0.5, 0.6) is 5.75 Å². The molecule has 1 aromatic carbocycles. The monoisotopic (exact) mass is 376 g/mol. The Bertz CT molecular complexity index is 734. The summed E-state index contributed by atoms with van der Waals surface area (Å²) in [7, 11) is 1.55. The van der Waals surface area contributed by atoms with Crippen LogP contribution in [-0.4, -0.2) is 48.5 Å². The molecule has 4 N–H and O–H groups in total. The fourth-order valence-electron chi connectivity index (χ4n) is 2.89. The van der Waals surface area contributed by atoms with Gasteiger partial charge < -0.3 is 21.1 Å². The van der Waals surface area contributed by atoms with E-state index in [1.54, 1.807) is 38.3 Å². The fraction of sp³-hybridized carbons (Fsp3) is 0.526. The quantitative estimate of drug-likeness (QED) is 0.613. The first-order chi connectivity index (χ1) is 12.6. The SMILES string of the molecule is COc1ccc(C2(C)NC(=O)N(CC(=O)NC(C)(CN)C(C)C)C2=O)cc1. The molecule has 1 aliphatic rings. The van der Waals surface area contributed by atoms with Crippen molar-refractivity contribution in [2.45, 2.75) is 38.8 Å². The number of amides is 4. The summed E-state index contributed by atoms with van der Waals surface area (Å²) in [6, 6.07) is 6.25. The molecule has 27 heavy (non-hydrogen) atoms. The van der Waals surface area contributed by atoms with Crippen LogP contribution >= 0.6 is 0 Å². The highest BCUT2D eigenvalue weighted by Gasteiger charge is 2.49. The van der Waals surface area contributed by atoms with Gasteiger partial charge in [0.25, 0.3) is 5.91 Å². The molecule has 1 aromatic rings. The lowest BCUT2D eigenvalue weighted by Crippen LogP contribution is -2.57. The molecule has 8 nitrogen and oxygen atoms in total. The van der Waals surface area contributed by atoms with Gasteiger partial charge in [-0.2, -0.15) is 0 Å². The summed E-state index contributed by atoms with van der Waals surface area (Å²) in [6.45, 7) is 7.23. The summed E-state index contributed by atoms with van der Waals surface area (Å²) in [4.78, 5) is 38.6. The number of nitrogens with zero attached hydrogens (tertiary/aromatic N) is 1. The highest BCUT2D eigenvalue weighted by molar-refractivity contribution is 6.09.